The lowest BCUT2D eigenvalue weighted by molar-refractivity contribution is -0.134. The lowest BCUT2D eigenvalue weighted by atomic mass is 9.92. The molecule has 0 aromatic heterocycles. The Morgan fingerprint density at radius 3 is 2.93 bits per heavy atom. The number of carbonyl (C=O) groups excluding carboxylic acids is 1. The number of halogens is 1. The predicted molar refractivity (Wildman–Crippen MR) is 49.2 cm³/mol. The SMILES string of the molecule is CCC1(O)C(=O)Nc2cccc(F)c21. The maximum atomic E-state index is 13.4. The molecule has 1 heterocycles. The monoisotopic (exact) mass is 195 g/mol. The lowest BCUT2D eigenvalue weighted by Crippen LogP contribution is -2.33. The normalized spacial score (nSPS) is 24.6. The largest absolute Gasteiger partial charge is 0.375 e. The Morgan fingerprint density at radius 1 is 1.57 bits per heavy atom. The van der Waals surface area contributed by atoms with Crippen LogP contribution in [-0.2, 0) is 10.4 Å². The molecule has 0 radical (unpaired) electrons. The van der Waals surface area contributed by atoms with Gasteiger partial charge in [0.2, 0.25) is 0 Å². The first kappa shape index (κ1) is 9.15. The van der Waals surface area contributed by atoms with Crippen LogP contribution in [0, 0.1) is 5.82 Å². The summed E-state index contributed by atoms with van der Waals surface area (Å²) < 4.78 is 13.4. The third kappa shape index (κ3) is 0.974. The summed E-state index contributed by atoms with van der Waals surface area (Å²) >= 11 is 0. The number of benzene rings is 1. The molecule has 74 valence electrons. The third-order valence-corrected chi connectivity index (χ3v) is 2.56. The minimum absolute atomic E-state index is 0.0625. The van der Waals surface area contributed by atoms with Gasteiger partial charge in [-0.3, -0.25) is 4.79 Å². The van der Waals surface area contributed by atoms with Crippen LogP contribution in [0.3, 0.4) is 0 Å². The molecule has 2 N–H and O–H groups in total. The Bertz CT molecular complexity index is 405. The van der Waals surface area contributed by atoms with Crippen LogP contribution in [0.2, 0.25) is 0 Å². The highest BCUT2D eigenvalue weighted by molar-refractivity contribution is 6.04. The Hall–Kier alpha value is -1.42. The molecule has 0 aliphatic carbocycles. The molecule has 1 aliphatic rings. The number of hydrogen-bond acceptors (Lipinski definition) is 2. The van der Waals surface area contributed by atoms with E-state index in [-0.39, 0.29) is 12.0 Å². The summed E-state index contributed by atoms with van der Waals surface area (Å²) in [4.78, 5) is 11.4. The summed E-state index contributed by atoms with van der Waals surface area (Å²) in [7, 11) is 0. The smallest absolute Gasteiger partial charge is 0.261 e. The molecule has 1 aromatic rings. The van der Waals surface area contributed by atoms with Gasteiger partial charge >= 0.3 is 0 Å². The van der Waals surface area contributed by atoms with Gasteiger partial charge in [-0.2, -0.15) is 0 Å². The van der Waals surface area contributed by atoms with Crippen LogP contribution in [0.5, 0.6) is 0 Å². The molecule has 0 fully saturated rings. The van der Waals surface area contributed by atoms with Crippen LogP contribution in [-0.4, -0.2) is 11.0 Å². The van der Waals surface area contributed by atoms with E-state index in [1.807, 2.05) is 0 Å². The Balaban J connectivity index is 2.67. The maximum absolute atomic E-state index is 13.4. The standard InChI is InChI=1S/C10H10FNO2/c1-2-10(14)8-6(11)4-3-5-7(8)12-9(10)13/h3-5,14H,2H2,1H3,(H,12,13). The van der Waals surface area contributed by atoms with E-state index in [1.165, 1.54) is 12.1 Å². The van der Waals surface area contributed by atoms with Crippen LogP contribution >= 0.6 is 0 Å². The van der Waals surface area contributed by atoms with Gasteiger partial charge in [-0.1, -0.05) is 13.0 Å². The molecule has 1 aromatic carbocycles. The van der Waals surface area contributed by atoms with Crippen molar-refractivity contribution in [3.63, 3.8) is 0 Å². The van der Waals surface area contributed by atoms with Gasteiger partial charge in [0, 0.05) is 0 Å². The minimum Gasteiger partial charge on any atom is -0.375 e. The van der Waals surface area contributed by atoms with Gasteiger partial charge in [0.05, 0.1) is 11.3 Å². The summed E-state index contributed by atoms with van der Waals surface area (Å²) in [6.07, 6.45) is 0.159. The van der Waals surface area contributed by atoms with Crippen molar-refractivity contribution in [1.29, 1.82) is 0 Å². The zero-order valence-electron chi connectivity index (χ0n) is 7.67. The summed E-state index contributed by atoms with van der Waals surface area (Å²) in [5.41, 5.74) is -1.28. The summed E-state index contributed by atoms with van der Waals surface area (Å²) in [5.74, 6) is -1.11. The number of carbonyl (C=O) groups is 1. The quantitative estimate of drug-likeness (QED) is 0.711. The second-order valence-corrected chi connectivity index (χ2v) is 3.33. The van der Waals surface area contributed by atoms with Gasteiger partial charge in [-0.15, -0.1) is 0 Å². The molecule has 1 unspecified atom stereocenters. The van der Waals surface area contributed by atoms with E-state index >= 15 is 0 Å². The molecule has 0 bridgehead atoms. The van der Waals surface area contributed by atoms with Crippen molar-refractivity contribution in [2.45, 2.75) is 18.9 Å². The average molecular weight is 195 g/mol. The van der Waals surface area contributed by atoms with Crippen molar-refractivity contribution < 1.29 is 14.3 Å². The Labute approximate surface area is 80.6 Å². The zero-order chi connectivity index (χ0) is 10.3. The highest BCUT2D eigenvalue weighted by Crippen LogP contribution is 2.39. The van der Waals surface area contributed by atoms with Crippen LogP contribution < -0.4 is 5.32 Å². The van der Waals surface area contributed by atoms with E-state index in [0.29, 0.717) is 5.69 Å². The highest BCUT2D eigenvalue weighted by atomic mass is 19.1. The number of nitrogens with one attached hydrogen (secondary N) is 1. The Kier molecular flexibility index (Phi) is 1.82. The third-order valence-electron chi connectivity index (χ3n) is 2.56. The first-order chi connectivity index (χ1) is 6.59. The van der Waals surface area contributed by atoms with Gasteiger partial charge in [-0.05, 0) is 18.6 Å². The van der Waals surface area contributed by atoms with Gasteiger partial charge in [0.25, 0.3) is 5.91 Å². The molecule has 4 heteroatoms. The molecule has 0 saturated heterocycles. The molecule has 1 atom stereocenters. The van der Waals surface area contributed by atoms with Crippen molar-refractivity contribution in [2.24, 2.45) is 0 Å². The van der Waals surface area contributed by atoms with E-state index in [4.69, 9.17) is 0 Å². The first-order valence-corrected chi connectivity index (χ1v) is 4.42. The molecule has 3 nitrogen and oxygen atoms in total. The molecule has 1 aliphatic heterocycles. The van der Waals surface area contributed by atoms with E-state index in [1.54, 1.807) is 13.0 Å². The molecule has 1 amide bonds. The second-order valence-electron chi connectivity index (χ2n) is 3.33. The summed E-state index contributed by atoms with van der Waals surface area (Å²) in [5, 5.41) is 12.4. The van der Waals surface area contributed by atoms with Gasteiger partial charge in [-0.25, -0.2) is 4.39 Å². The van der Waals surface area contributed by atoms with Crippen molar-refractivity contribution in [2.75, 3.05) is 5.32 Å². The predicted octanol–water partition coefficient (Wildman–Crippen LogP) is 1.38. The number of amides is 1. The van der Waals surface area contributed by atoms with Gasteiger partial charge in [0.15, 0.2) is 5.60 Å². The van der Waals surface area contributed by atoms with Crippen molar-refractivity contribution in [3.05, 3.63) is 29.6 Å². The molecule has 0 saturated carbocycles. The molecule has 0 spiro atoms. The highest BCUT2D eigenvalue weighted by Gasteiger charge is 2.45. The van der Waals surface area contributed by atoms with Crippen LogP contribution in [0.25, 0.3) is 0 Å². The van der Waals surface area contributed by atoms with Crippen molar-refractivity contribution >= 4 is 11.6 Å². The second kappa shape index (κ2) is 2.78. The fourth-order valence-corrected chi connectivity index (χ4v) is 1.73. The number of anilines is 1. The maximum Gasteiger partial charge on any atom is 0.261 e. The molecular formula is C10H10FNO2. The van der Waals surface area contributed by atoms with E-state index in [0.717, 1.165) is 0 Å². The van der Waals surface area contributed by atoms with Gasteiger partial charge in [0.1, 0.15) is 5.82 Å². The topological polar surface area (TPSA) is 49.3 Å². The summed E-state index contributed by atoms with van der Waals surface area (Å²) in [6.45, 7) is 1.64. The summed E-state index contributed by atoms with van der Waals surface area (Å²) in [6, 6.07) is 4.31. The molecular weight excluding hydrogens is 185 g/mol. The fraction of sp³-hybridized carbons (Fsp3) is 0.300. The average Bonchev–Trinajstić information content (AvgIpc) is 2.41. The molecule has 14 heavy (non-hydrogen) atoms. The number of fused-ring (bicyclic) bond motifs is 1. The Morgan fingerprint density at radius 2 is 2.29 bits per heavy atom. The van der Waals surface area contributed by atoms with E-state index in [2.05, 4.69) is 5.32 Å². The van der Waals surface area contributed by atoms with Crippen LogP contribution in [0.4, 0.5) is 10.1 Å². The van der Waals surface area contributed by atoms with Gasteiger partial charge < -0.3 is 10.4 Å². The van der Waals surface area contributed by atoms with Crippen LogP contribution in [0.15, 0.2) is 18.2 Å². The fourth-order valence-electron chi connectivity index (χ4n) is 1.73. The minimum atomic E-state index is -1.71. The number of hydrogen-bond donors (Lipinski definition) is 2. The van der Waals surface area contributed by atoms with E-state index < -0.39 is 17.3 Å². The number of aliphatic hydroxyl groups is 1. The molecule has 2 rings (SSSR count). The lowest BCUT2D eigenvalue weighted by Gasteiger charge is -2.18. The first-order valence-electron chi connectivity index (χ1n) is 4.42. The zero-order valence-corrected chi connectivity index (χ0v) is 7.67. The number of rotatable bonds is 1. The van der Waals surface area contributed by atoms with Crippen molar-refractivity contribution in [1.82, 2.24) is 0 Å². The van der Waals surface area contributed by atoms with E-state index in [9.17, 15) is 14.3 Å². The van der Waals surface area contributed by atoms with Crippen LogP contribution in [0.1, 0.15) is 18.9 Å². The van der Waals surface area contributed by atoms with Crippen molar-refractivity contribution in [3.8, 4) is 0 Å².